The zero-order valence-electron chi connectivity index (χ0n) is 17.6. The molecule has 27 heavy (non-hydrogen) atoms. The molecule has 0 radical (unpaired) electrons. The van der Waals surface area contributed by atoms with Crippen LogP contribution in [0.3, 0.4) is 0 Å². The molecule has 1 aromatic carbocycles. The van der Waals surface area contributed by atoms with Gasteiger partial charge in [-0.15, -0.1) is 0 Å². The molecule has 0 saturated heterocycles. The summed E-state index contributed by atoms with van der Waals surface area (Å²) in [7, 11) is -3.15. The van der Waals surface area contributed by atoms with Gasteiger partial charge >= 0.3 is 6.09 Å². The Hall–Kier alpha value is -1.76. The number of carbonyl (C=O) groups is 1. The van der Waals surface area contributed by atoms with Crippen LogP contribution in [0, 0.1) is 5.41 Å². The highest BCUT2D eigenvalue weighted by molar-refractivity contribution is 7.90. The molecule has 0 spiro atoms. The Morgan fingerprint density at radius 2 is 1.63 bits per heavy atom. The first-order chi connectivity index (χ1) is 12.1. The third-order valence-electron chi connectivity index (χ3n) is 3.49. The van der Waals surface area contributed by atoms with Crippen LogP contribution < -0.4 is 5.32 Å². The summed E-state index contributed by atoms with van der Waals surface area (Å²) in [5, 5.41) is 3.38. The zero-order chi connectivity index (χ0) is 20.9. The molecule has 0 fully saturated rings. The van der Waals surface area contributed by atoms with Crippen molar-refractivity contribution in [3.63, 3.8) is 0 Å². The lowest BCUT2D eigenvalue weighted by atomic mass is 9.96. The summed E-state index contributed by atoms with van der Waals surface area (Å²) in [5.74, 6) is -0.0780. The lowest BCUT2D eigenvalue weighted by Gasteiger charge is -2.29. The summed E-state index contributed by atoms with van der Waals surface area (Å²) in [6, 6.07) is 7.72. The van der Waals surface area contributed by atoms with E-state index < -0.39 is 15.9 Å². The summed E-state index contributed by atoms with van der Waals surface area (Å²) in [6.45, 7) is 12.9. The minimum absolute atomic E-state index is 0.0267. The smallest absolute Gasteiger partial charge is 0.410 e. The molecular formula is C20H34N2O4S. The van der Waals surface area contributed by atoms with Crippen molar-refractivity contribution in [2.45, 2.75) is 53.7 Å². The standard InChI is InChI=1S/C20H34N2O4S/c1-19(2,3)15-22(12-13-27(7,24)25)18(23)26-14-16-8-10-17(11-9-16)21-20(4,5)6/h8-11,21H,12-15H2,1-7H3. The third-order valence-corrected chi connectivity index (χ3v) is 4.42. The summed E-state index contributed by atoms with van der Waals surface area (Å²) in [6.07, 6.45) is 0.673. The van der Waals surface area contributed by atoms with Crippen LogP contribution in [0.2, 0.25) is 0 Å². The fourth-order valence-electron chi connectivity index (χ4n) is 2.44. The fraction of sp³-hybridized carbons (Fsp3) is 0.650. The number of amides is 1. The Labute approximate surface area is 164 Å². The minimum atomic E-state index is -3.15. The maximum absolute atomic E-state index is 12.5. The van der Waals surface area contributed by atoms with Crippen molar-refractivity contribution in [3.8, 4) is 0 Å². The Balaban J connectivity index is 2.69. The van der Waals surface area contributed by atoms with E-state index in [1.54, 1.807) is 0 Å². The molecule has 0 atom stereocenters. The monoisotopic (exact) mass is 398 g/mol. The average molecular weight is 399 g/mol. The number of carbonyl (C=O) groups excluding carboxylic acids is 1. The number of hydrogen-bond donors (Lipinski definition) is 1. The van der Waals surface area contributed by atoms with Gasteiger partial charge in [-0.2, -0.15) is 0 Å². The van der Waals surface area contributed by atoms with E-state index in [0.29, 0.717) is 6.54 Å². The first kappa shape index (κ1) is 23.3. The summed E-state index contributed by atoms with van der Waals surface area (Å²) in [5.41, 5.74) is 1.69. The molecule has 7 heteroatoms. The highest BCUT2D eigenvalue weighted by Crippen LogP contribution is 2.18. The van der Waals surface area contributed by atoms with Gasteiger partial charge in [-0.3, -0.25) is 0 Å². The van der Waals surface area contributed by atoms with Crippen LogP contribution in [0.25, 0.3) is 0 Å². The quantitative estimate of drug-likeness (QED) is 0.753. The van der Waals surface area contributed by atoms with E-state index in [4.69, 9.17) is 4.74 Å². The highest BCUT2D eigenvalue weighted by Gasteiger charge is 2.23. The van der Waals surface area contributed by atoms with E-state index in [1.807, 2.05) is 45.0 Å². The lowest BCUT2D eigenvalue weighted by Crippen LogP contribution is -2.40. The van der Waals surface area contributed by atoms with E-state index in [-0.39, 0.29) is 29.9 Å². The van der Waals surface area contributed by atoms with Crippen LogP contribution >= 0.6 is 0 Å². The summed E-state index contributed by atoms with van der Waals surface area (Å²) >= 11 is 0. The fourth-order valence-corrected chi connectivity index (χ4v) is 2.99. The predicted molar refractivity (Wildman–Crippen MR) is 111 cm³/mol. The first-order valence-corrected chi connectivity index (χ1v) is 11.2. The van der Waals surface area contributed by atoms with Gasteiger partial charge in [0.05, 0.1) is 5.75 Å². The number of ether oxygens (including phenoxy) is 1. The molecule has 0 aliphatic rings. The molecule has 1 rings (SSSR count). The molecule has 154 valence electrons. The van der Waals surface area contributed by atoms with E-state index >= 15 is 0 Å². The topological polar surface area (TPSA) is 75.7 Å². The molecule has 0 aliphatic heterocycles. The largest absolute Gasteiger partial charge is 0.445 e. The van der Waals surface area contributed by atoms with Crippen molar-refractivity contribution in [1.82, 2.24) is 4.90 Å². The lowest BCUT2D eigenvalue weighted by molar-refractivity contribution is 0.0860. The van der Waals surface area contributed by atoms with E-state index in [0.717, 1.165) is 11.3 Å². The molecule has 0 aromatic heterocycles. The van der Waals surface area contributed by atoms with Gasteiger partial charge in [0.2, 0.25) is 0 Å². The molecule has 0 aliphatic carbocycles. The van der Waals surface area contributed by atoms with Gasteiger partial charge in [0, 0.05) is 30.6 Å². The molecular weight excluding hydrogens is 364 g/mol. The number of nitrogens with zero attached hydrogens (tertiary/aromatic N) is 1. The van der Waals surface area contributed by atoms with Gasteiger partial charge < -0.3 is 15.0 Å². The predicted octanol–water partition coefficient (Wildman–Crippen LogP) is 3.93. The van der Waals surface area contributed by atoms with Crippen molar-refractivity contribution < 1.29 is 17.9 Å². The molecule has 1 aromatic rings. The van der Waals surface area contributed by atoms with Crippen LogP contribution in [0.5, 0.6) is 0 Å². The van der Waals surface area contributed by atoms with Gasteiger partial charge in [-0.05, 0) is 43.9 Å². The summed E-state index contributed by atoms with van der Waals surface area (Å²) < 4.78 is 28.3. The molecule has 1 N–H and O–H groups in total. The van der Waals surface area contributed by atoms with Crippen LogP contribution in [0.1, 0.15) is 47.1 Å². The molecule has 0 heterocycles. The Morgan fingerprint density at radius 3 is 2.07 bits per heavy atom. The van der Waals surface area contributed by atoms with E-state index in [1.165, 1.54) is 11.2 Å². The molecule has 1 amide bonds. The third kappa shape index (κ3) is 10.9. The van der Waals surface area contributed by atoms with Crippen molar-refractivity contribution in [1.29, 1.82) is 0 Å². The second-order valence-electron chi connectivity index (χ2n) is 9.24. The number of hydrogen-bond acceptors (Lipinski definition) is 5. The Kier molecular flexibility index (Phi) is 7.72. The average Bonchev–Trinajstić information content (AvgIpc) is 2.47. The molecule has 0 unspecified atom stereocenters. The van der Waals surface area contributed by atoms with E-state index in [2.05, 4.69) is 26.1 Å². The van der Waals surface area contributed by atoms with Gasteiger partial charge in [0.25, 0.3) is 0 Å². The number of benzene rings is 1. The van der Waals surface area contributed by atoms with Crippen LogP contribution in [0.15, 0.2) is 24.3 Å². The van der Waals surface area contributed by atoms with Crippen LogP contribution in [0.4, 0.5) is 10.5 Å². The van der Waals surface area contributed by atoms with Gasteiger partial charge in [-0.25, -0.2) is 13.2 Å². The maximum atomic E-state index is 12.5. The zero-order valence-corrected chi connectivity index (χ0v) is 18.4. The SMILES string of the molecule is CC(C)(C)CN(CCS(C)(=O)=O)C(=O)OCc1ccc(NC(C)(C)C)cc1. The molecule has 0 saturated carbocycles. The van der Waals surface area contributed by atoms with Gasteiger partial charge in [-0.1, -0.05) is 32.9 Å². The normalized spacial score (nSPS) is 12.6. The van der Waals surface area contributed by atoms with Crippen molar-refractivity contribution in [2.24, 2.45) is 5.41 Å². The Morgan fingerprint density at radius 1 is 1.07 bits per heavy atom. The van der Waals surface area contributed by atoms with Crippen molar-refractivity contribution in [2.75, 3.05) is 30.4 Å². The Bertz CT molecular complexity index is 714. The van der Waals surface area contributed by atoms with Gasteiger partial charge in [0.15, 0.2) is 0 Å². The van der Waals surface area contributed by atoms with Crippen molar-refractivity contribution >= 4 is 21.6 Å². The highest BCUT2D eigenvalue weighted by atomic mass is 32.2. The number of sulfone groups is 1. The summed E-state index contributed by atoms with van der Waals surface area (Å²) in [4.78, 5) is 13.9. The minimum Gasteiger partial charge on any atom is -0.445 e. The number of rotatable bonds is 7. The second kappa shape index (κ2) is 8.95. The maximum Gasteiger partial charge on any atom is 0.410 e. The molecule has 6 nitrogen and oxygen atoms in total. The second-order valence-corrected chi connectivity index (χ2v) is 11.5. The van der Waals surface area contributed by atoms with E-state index in [9.17, 15) is 13.2 Å². The van der Waals surface area contributed by atoms with Crippen LogP contribution in [-0.2, 0) is 21.2 Å². The number of nitrogens with one attached hydrogen (secondary N) is 1. The number of anilines is 1. The molecule has 0 bridgehead atoms. The van der Waals surface area contributed by atoms with Crippen LogP contribution in [-0.4, -0.2) is 50.0 Å². The van der Waals surface area contributed by atoms with Crippen molar-refractivity contribution in [3.05, 3.63) is 29.8 Å². The first-order valence-electron chi connectivity index (χ1n) is 9.11. The van der Waals surface area contributed by atoms with Gasteiger partial charge in [0.1, 0.15) is 16.4 Å².